The number of anilines is 1. The SMILES string of the molecule is COc1ccc(N)cc1CN1Cc2ccccc2C1. The van der Waals surface area contributed by atoms with E-state index < -0.39 is 0 Å². The third-order valence-corrected chi connectivity index (χ3v) is 3.60. The number of nitrogens with zero attached hydrogens (tertiary/aromatic N) is 1. The Bertz CT molecular complexity index is 570. The molecule has 0 bridgehead atoms. The number of fused-ring (bicyclic) bond motifs is 1. The highest BCUT2D eigenvalue weighted by Gasteiger charge is 2.19. The summed E-state index contributed by atoms with van der Waals surface area (Å²) in [6.07, 6.45) is 0. The van der Waals surface area contributed by atoms with E-state index in [9.17, 15) is 0 Å². The Morgan fingerprint density at radius 1 is 1.11 bits per heavy atom. The van der Waals surface area contributed by atoms with Crippen LogP contribution in [-0.4, -0.2) is 12.0 Å². The molecular weight excluding hydrogens is 236 g/mol. The molecule has 0 aliphatic carbocycles. The summed E-state index contributed by atoms with van der Waals surface area (Å²) in [5, 5.41) is 0. The van der Waals surface area contributed by atoms with Gasteiger partial charge in [-0.25, -0.2) is 0 Å². The summed E-state index contributed by atoms with van der Waals surface area (Å²) in [5.41, 5.74) is 10.6. The molecule has 3 nitrogen and oxygen atoms in total. The van der Waals surface area contributed by atoms with Gasteiger partial charge >= 0.3 is 0 Å². The molecule has 19 heavy (non-hydrogen) atoms. The van der Waals surface area contributed by atoms with Crippen LogP contribution in [0.1, 0.15) is 16.7 Å². The number of hydrogen-bond donors (Lipinski definition) is 1. The fourth-order valence-electron chi connectivity index (χ4n) is 2.68. The second-order valence-corrected chi connectivity index (χ2v) is 4.99. The average Bonchev–Trinajstić information content (AvgIpc) is 2.81. The monoisotopic (exact) mass is 254 g/mol. The molecule has 1 aliphatic heterocycles. The lowest BCUT2D eigenvalue weighted by atomic mass is 10.1. The standard InChI is InChI=1S/C16H18N2O/c1-19-16-7-6-15(17)8-14(16)11-18-9-12-4-2-3-5-13(12)10-18/h2-8H,9-11,17H2,1H3. The van der Waals surface area contributed by atoms with Crippen LogP contribution in [0.25, 0.3) is 0 Å². The molecule has 2 N–H and O–H groups in total. The van der Waals surface area contributed by atoms with E-state index in [4.69, 9.17) is 10.5 Å². The molecular formula is C16H18N2O. The van der Waals surface area contributed by atoms with Gasteiger partial charge in [0, 0.05) is 30.9 Å². The molecule has 0 aromatic heterocycles. The zero-order chi connectivity index (χ0) is 13.2. The zero-order valence-corrected chi connectivity index (χ0v) is 11.1. The Kier molecular flexibility index (Phi) is 3.13. The van der Waals surface area contributed by atoms with E-state index in [1.807, 2.05) is 18.2 Å². The Morgan fingerprint density at radius 3 is 2.42 bits per heavy atom. The van der Waals surface area contributed by atoms with E-state index in [2.05, 4.69) is 29.2 Å². The molecule has 0 saturated heterocycles. The lowest BCUT2D eigenvalue weighted by molar-refractivity contribution is 0.270. The van der Waals surface area contributed by atoms with Gasteiger partial charge in [-0.05, 0) is 29.3 Å². The summed E-state index contributed by atoms with van der Waals surface area (Å²) < 4.78 is 5.41. The van der Waals surface area contributed by atoms with Crippen molar-refractivity contribution >= 4 is 5.69 Å². The van der Waals surface area contributed by atoms with Crippen molar-refractivity contribution in [2.75, 3.05) is 12.8 Å². The van der Waals surface area contributed by atoms with E-state index in [0.717, 1.165) is 36.6 Å². The van der Waals surface area contributed by atoms with Gasteiger partial charge in [-0.2, -0.15) is 0 Å². The maximum absolute atomic E-state index is 5.87. The number of ether oxygens (including phenoxy) is 1. The van der Waals surface area contributed by atoms with Crippen LogP contribution in [0.4, 0.5) is 5.69 Å². The summed E-state index contributed by atoms with van der Waals surface area (Å²) in [6.45, 7) is 2.85. The van der Waals surface area contributed by atoms with Gasteiger partial charge in [0.25, 0.3) is 0 Å². The van der Waals surface area contributed by atoms with Gasteiger partial charge in [-0.1, -0.05) is 24.3 Å². The van der Waals surface area contributed by atoms with Gasteiger partial charge in [0.1, 0.15) is 5.75 Å². The van der Waals surface area contributed by atoms with Crippen LogP contribution < -0.4 is 10.5 Å². The number of benzene rings is 2. The molecule has 0 amide bonds. The van der Waals surface area contributed by atoms with Crippen molar-refractivity contribution in [1.82, 2.24) is 4.90 Å². The summed E-state index contributed by atoms with van der Waals surface area (Å²) >= 11 is 0. The van der Waals surface area contributed by atoms with Crippen molar-refractivity contribution in [3.8, 4) is 5.75 Å². The normalized spacial score (nSPS) is 14.4. The third-order valence-electron chi connectivity index (χ3n) is 3.60. The summed E-state index contributed by atoms with van der Waals surface area (Å²) in [5.74, 6) is 0.908. The minimum absolute atomic E-state index is 0.785. The maximum Gasteiger partial charge on any atom is 0.123 e. The molecule has 0 fully saturated rings. The highest BCUT2D eigenvalue weighted by atomic mass is 16.5. The van der Waals surface area contributed by atoms with Crippen LogP contribution in [0.15, 0.2) is 42.5 Å². The molecule has 2 aromatic rings. The predicted octanol–water partition coefficient (Wildman–Crippen LogP) is 2.79. The van der Waals surface area contributed by atoms with Crippen LogP contribution in [-0.2, 0) is 19.6 Å². The first-order chi connectivity index (χ1) is 9.26. The lowest BCUT2D eigenvalue weighted by Gasteiger charge is -2.17. The van der Waals surface area contributed by atoms with E-state index in [-0.39, 0.29) is 0 Å². The second-order valence-electron chi connectivity index (χ2n) is 4.99. The smallest absolute Gasteiger partial charge is 0.123 e. The van der Waals surface area contributed by atoms with Gasteiger partial charge in [0.15, 0.2) is 0 Å². The van der Waals surface area contributed by atoms with Gasteiger partial charge in [0.05, 0.1) is 7.11 Å². The number of nitrogen functional groups attached to an aromatic ring is 1. The van der Waals surface area contributed by atoms with Crippen molar-refractivity contribution < 1.29 is 4.74 Å². The molecule has 0 spiro atoms. The molecule has 0 atom stereocenters. The fraction of sp³-hybridized carbons (Fsp3) is 0.250. The Hall–Kier alpha value is -2.00. The highest BCUT2D eigenvalue weighted by molar-refractivity contribution is 5.48. The molecule has 0 radical (unpaired) electrons. The maximum atomic E-state index is 5.87. The molecule has 98 valence electrons. The minimum atomic E-state index is 0.785. The first kappa shape index (κ1) is 12.1. The van der Waals surface area contributed by atoms with Crippen molar-refractivity contribution in [2.24, 2.45) is 0 Å². The average molecular weight is 254 g/mol. The van der Waals surface area contributed by atoms with E-state index in [0.29, 0.717) is 0 Å². The lowest BCUT2D eigenvalue weighted by Crippen LogP contribution is -2.16. The van der Waals surface area contributed by atoms with Gasteiger partial charge in [-0.15, -0.1) is 0 Å². The summed E-state index contributed by atoms with van der Waals surface area (Å²) in [7, 11) is 1.70. The largest absolute Gasteiger partial charge is 0.496 e. The predicted molar refractivity (Wildman–Crippen MR) is 76.8 cm³/mol. The van der Waals surface area contributed by atoms with Crippen LogP contribution in [0.2, 0.25) is 0 Å². The first-order valence-electron chi connectivity index (χ1n) is 6.48. The van der Waals surface area contributed by atoms with Crippen LogP contribution in [0, 0.1) is 0 Å². The topological polar surface area (TPSA) is 38.5 Å². The van der Waals surface area contributed by atoms with Crippen LogP contribution >= 0.6 is 0 Å². The fourth-order valence-corrected chi connectivity index (χ4v) is 2.68. The first-order valence-corrected chi connectivity index (χ1v) is 6.48. The van der Waals surface area contributed by atoms with Crippen molar-refractivity contribution in [1.29, 1.82) is 0 Å². The molecule has 1 heterocycles. The number of hydrogen-bond acceptors (Lipinski definition) is 3. The van der Waals surface area contributed by atoms with Crippen molar-refractivity contribution in [3.05, 3.63) is 59.2 Å². The second kappa shape index (κ2) is 4.94. The molecule has 0 saturated carbocycles. The van der Waals surface area contributed by atoms with Gasteiger partial charge in [-0.3, -0.25) is 4.90 Å². The summed E-state index contributed by atoms with van der Waals surface area (Å²) in [6, 6.07) is 14.4. The highest BCUT2D eigenvalue weighted by Crippen LogP contribution is 2.28. The number of nitrogens with two attached hydrogens (primary N) is 1. The van der Waals surface area contributed by atoms with Crippen LogP contribution in [0.5, 0.6) is 5.75 Å². The molecule has 2 aromatic carbocycles. The van der Waals surface area contributed by atoms with E-state index in [1.54, 1.807) is 7.11 Å². The van der Waals surface area contributed by atoms with E-state index >= 15 is 0 Å². The van der Waals surface area contributed by atoms with Crippen molar-refractivity contribution in [3.63, 3.8) is 0 Å². The Labute approximate surface area is 113 Å². The number of rotatable bonds is 3. The van der Waals surface area contributed by atoms with Gasteiger partial charge in [0.2, 0.25) is 0 Å². The zero-order valence-electron chi connectivity index (χ0n) is 11.1. The van der Waals surface area contributed by atoms with Crippen LogP contribution in [0.3, 0.4) is 0 Å². The summed E-state index contributed by atoms with van der Waals surface area (Å²) in [4.78, 5) is 2.40. The van der Waals surface area contributed by atoms with E-state index in [1.165, 1.54) is 11.1 Å². The minimum Gasteiger partial charge on any atom is -0.496 e. The molecule has 0 unspecified atom stereocenters. The van der Waals surface area contributed by atoms with Crippen molar-refractivity contribution in [2.45, 2.75) is 19.6 Å². The van der Waals surface area contributed by atoms with Gasteiger partial charge < -0.3 is 10.5 Å². The third kappa shape index (κ3) is 2.42. The molecule has 3 rings (SSSR count). The Morgan fingerprint density at radius 2 is 1.79 bits per heavy atom. The molecule has 1 aliphatic rings. The Balaban J connectivity index is 1.79. The molecule has 3 heteroatoms. The number of methoxy groups -OCH3 is 1. The quantitative estimate of drug-likeness (QED) is 0.856.